The van der Waals surface area contributed by atoms with Crippen LogP contribution < -0.4 is 5.32 Å². The molecule has 0 aliphatic carbocycles. The van der Waals surface area contributed by atoms with Crippen LogP contribution in [0.4, 0.5) is 0 Å². The number of hydrogen-bond acceptors (Lipinski definition) is 5. The summed E-state index contributed by atoms with van der Waals surface area (Å²) in [6.07, 6.45) is 0.467. The molecule has 0 saturated carbocycles. The highest BCUT2D eigenvalue weighted by Crippen LogP contribution is 2.25. The fourth-order valence-corrected chi connectivity index (χ4v) is 2.81. The second kappa shape index (κ2) is 5.36. The third kappa shape index (κ3) is 2.89. The molecule has 0 bridgehead atoms. The predicted molar refractivity (Wildman–Crippen MR) is 68.0 cm³/mol. The van der Waals surface area contributed by atoms with Gasteiger partial charge in [-0.25, -0.2) is 4.79 Å². The van der Waals surface area contributed by atoms with E-state index < -0.39 is 11.6 Å². The normalized spacial score (nSPS) is 27.6. The molecule has 5 nitrogen and oxygen atoms in total. The van der Waals surface area contributed by atoms with Gasteiger partial charge in [0.1, 0.15) is 10.5 Å². The van der Waals surface area contributed by atoms with Gasteiger partial charge in [0, 0.05) is 31.0 Å². The number of ether oxygens (including phenoxy) is 1. The number of rotatable bonds is 5. The van der Waals surface area contributed by atoms with Crippen LogP contribution in [-0.2, 0) is 11.3 Å². The van der Waals surface area contributed by atoms with Crippen LogP contribution in [0.5, 0.6) is 0 Å². The van der Waals surface area contributed by atoms with Crippen molar-refractivity contribution in [1.29, 1.82) is 0 Å². The van der Waals surface area contributed by atoms with E-state index in [1.165, 1.54) is 11.3 Å². The molecule has 100 valence electrons. The molecule has 0 amide bonds. The summed E-state index contributed by atoms with van der Waals surface area (Å²) in [4.78, 5) is 12.0. The Hall–Kier alpha value is -0.950. The summed E-state index contributed by atoms with van der Waals surface area (Å²) < 4.78 is 5.34. The van der Waals surface area contributed by atoms with Crippen molar-refractivity contribution in [3.05, 3.63) is 21.9 Å². The van der Waals surface area contributed by atoms with Gasteiger partial charge in [-0.1, -0.05) is 0 Å². The highest BCUT2D eigenvalue weighted by molar-refractivity contribution is 7.13. The van der Waals surface area contributed by atoms with Gasteiger partial charge in [-0.3, -0.25) is 0 Å². The van der Waals surface area contributed by atoms with Gasteiger partial charge in [0.2, 0.25) is 0 Å². The molecule has 2 rings (SSSR count). The van der Waals surface area contributed by atoms with Crippen molar-refractivity contribution >= 4 is 17.3 Å². The summed E-state index contributed by atoms with van der Waals surface area (Å²) in [5.41, 5.74) is -0.813. The molecular weight excluding hydrogens is 254 g/mol. The van der Waals surface area contributed by atoms with E-state index in [1.54, 1.807) is 12.1 Å². The molecule has 1 fully saturated rings. The van der Waals surface area contributed by atoms with Crippen LogP contribution in [0.25, 0.3) is 0 Å². The van der Waals surface area contributed by atoms with Gasteiger partial charge in [-0.2, -0.15) is 0 Å². The molecule has 1 saturated heterocycles. The number of carboxylic acids is 1. The molecular formula is C12H17NO4S. The van der Waals surface area contributed by atoms with E-state index in [1.807, 2.05) is 6.92 Å². The summed E-state index contributed by atoms with van der Waals surface area (Å²) in [6.45, 7) is 3.46. The zero-order valence-electron chi connectivity index (χ0n) is 10.2. The summed E-state index contributed by atoms with van der Waals surface area (Å²) in [5, 5.41) is 22.2. The van der Waals surface area contributed by atoms with Crippen LogP contribution in [0, 0.1) is 0 Å². The first-order valence-electron chi connectivity index (χ1n) is 5.88. The Bertz CT molecular complexity index is 433. The van der Waals surface area contributed by atoms with Gasteiger partial charge in [0.25, 0.3) is 0 Å². The molecule has 2 heterocycles. The first kappa shape index (κ1) is 13.5. The maximum atomic E-state index is 10.7. The van der Waals surface area contributed by atoms with Crippen molar-refractivity contribution in [3.8, 4) is 0 Å². The lowest BCUT2D eigenvalue weighted by molar-refractivity contribution is -0.0262. The third-order valence-corrected chi connectivity index (χ3v) is 4.34. The summed E-state index contributed by atoms with van der Waals surface area (Å²) in [5.74, 6) is -0.900. The molecule has 0 aromatic carbocycles. The summed E-state index contributed by atoms with van der Waals surface area (Å²) >= 11 is 1.25. The van der Waals surface area contributed by atoms with Crippen LogP contribution >= 0.6 is 11.3 Å². The Morgan fingerprint density at radius 2 is 2.44 bits per heavy atom. The van der Waals surface area contributed by atoms with E-state index >= 15 is 0 Å². The highest BCUT2D eigenvalue weighted by atomic mass is 32.1. The Labute approximate surface area is 109 Å². The van der Waals surface area contributed by atoms with Crippen molar-refractivity contribution < 1.29 is 19.7 Å². The number of hydrogen-bond donors (Lipinski definition) is 3. The van der Waals surface area contributed by atoms with E-state index in [9.17, 15) is 9.90 Å². The van der Waals surface area contributed by atoms with Crippen molar-refractivity contribution in [2.75, 3.05) is 13.2 Å². The lowest BCUT2D eigenvalue weighted by atomic mass is 9.97. The smallest absolute Gasteiger partial charge is 0.345 e. The minimum Gasteiger partial charge on any atom is -0.477 e. The molecule has 0 spiro atoms. The number of carboxylic acid groups (broad SMARTS) is 1. The van der Waals surface area contributed by atoms with Crippen molar-refractivity contribution in [2.24, 2.45) is 0 Å². The van der Waals surface area contributed by atoms with E-state index in [0.29, 0.717) is 31.0 Å². The van der Waals surface area contributed by atoms with Gasteiger partial charge in [0.15, 0.2) is 0 Å². The van der Waals surface area contributed by atoms with Crippen molar-refractivity contribution in [1.82, 2.24) is 5.32 Å². The zero-order valence-corrected chi connectivity index (χ0v) is 11.0. The van der Waals surface area contributed by atoms with Gasteiger partial charge in [0.05, 0.1) is 6.10 Å². The van der Waals surface area contributed by atoms with E-state index in [0.717, 1.165) is 4.88 Å². The molecule has 2 atom stereocenters. The lowest BCUT2D eigenvalue weighted by Gasteiger charge is -2.26. The molecule has 1 aromatic rings. The highest BCUT2D eigenvalue weighted by Gasteiger charge is 2.38. The fourth-order valence-electron chi connectivity index (χ4n) is 1.99. The van der Waals surface area contributed by atoms with Gasteiger partial charge in [-0.05, 0) is 19.1 Å². The van der Waals surface area contributed by atoms with Gasteiger partial charge in [-0.15, -0.1) is 11.3 Å². The minimum atomic E-state index is -0.900. The monoisotopic (exact) mass is 271 g/mol. The van der Waals surface area contributed by atoms with Gasteiger partial charge < -0.3 is 20.3 Å². The minimum absolute atomic E-state index is 0.164. The standard InChI is InChI=1S/C12H17NO4S/c1-8-12(16,4-5-17-8)7-13-6-9-2-3-10(18-9)11(14)15/h2-3,8,13,16H,4-7H2,1H3,(H,14,15). The predicted octanol–water partition coefficient (Wildman–Crippen LogP) is 1.08. The summed E-state index contributed by atoms with van der Waals surface area (Å²) in [7, 11) is 0. The number of aromatic carboxylic acids is 1. The molecule has 1 aromatic heterocycles. The Morgan fingerprint density at radius 1 is 1.67 bits per heavy atom. The average molecular weight is 271 g/mol. The van der Waals surface area contributed by atoms with E-state index in [4.69, 9.17) is 9.84 Å². The van der Waals surface area contributed by atoms with Crippen molar-refractivity contribution in [2.45, 2.75) is 31.6 Å². The molecule has 6 heteroatoms. The van der Waals surface area contributed by atoms with E-state index in [2.05, 4.69) is 5.32 Å². The quantitative estimate of drug-likeness (QED) is 0.747. The Balaban J connectivity index is 1.83. The molecule has 3 N–H and O–H groups in total. The molecule has 1 aliphatic heterocycles. The summed E-state index contributed by atoms with van der Waals surface area (Å²) in [6, 6.07) is 3.39. The first-order chi connectivity index (χ1) is 8.51. The van der Waals surface area contributed by atoms with Crippen LogP contribution in [0.3, 0.4) is 0 Å². The number of thiophene rings is 1. The Kier molecular flexibility index (Phi) is 4.01. The molecule has 0 radical (unpaired) electrons. The van der Waals surface area contributed by atoms with Gasteiger partial charge >= 0.3 is 5.97 Å². The van der Waals surface area contributed by atoms with Crippen molar-refractivity contribution in [3.63, 3.8) is 0 Å². The maximum absolute atomic E-state index is 10.7. The number of carbonyl (C=O) groups is 1. The molecule has 1 aliphatic rings. The second-order valence-electron chi connectivity index (χ2n) is 4.54. The average Bonchev–Trinajstić information content (AvgIpc) is 2.88. The second-order valence-corrected chi connectivity index (χ2v) is 5.71. The van der Waals surface area contributed by atoms with E-state index in [-0.39, 0.29) is 6.10 Å². The fraction of sp³-hybridized carbons (Fsp3) is 0.583. The lowest BCUT2D eigenvalue weighted by Crippen LogP contribution is -2.45. The maximum Gasteiger partial charge on any atom is 0.345 e. The van der Waals surface area contributed by atoms with Crippen LogP contribution in [0.1, 0.15) is 27.9 Å². The number of nitrogens with one attached hydrogen (secondary N) is 1. The first-order valence-corrected chi connectivity index (χ1v) is 6.69. The van der Waals surface area contributed by atoms with Crippen LogP contribution in [0.15, 0.2) is 12.1 Å². The molecule has 18 heavy (non-hydrogen) atoms. The van der Waals surface area contributed by atoms with Crippen LogP contribution in [0.2, 0.25) is 0 Å². The zero-order chi connectivity index (χ0) is 13.2. The Morgan fingerprint density at radius 3 is 3.00 bits per heavy atom. The topological polar surface area (TPSA) is 78.8 Å². The largest absolute Gasteiger partial charge is 0.477 e. The molecule has 2 unspecified atom stereocenters. The number of aliphatic hydroxyl groups is 1. The van der Waals surface area contributed by atoms with Crippen LogP contribution in [-0.4, -0.2) is 41.0 Å². The third-order valence-electron chi connectivity index (χ3n) is 3.26. The SMILES string of the molecule is CC1OCCC1(O)CNCc1ccc(C(=O)O)s1.